The number of carbonyl (C=O) groups is 1. The Hall–Kier alpha value is -3.13. The first-order valence-corrected chi connectivity index (χ1v) is 11.0. The van der Waals surface area contributed by atoms with Gasteiger partial charge in [0.25, 0.3) is 0 Å². The van der Waals surface area contributed by atoms with Crippen LogP contribution in [0.3, 0.4) is 0 Å². The molecule has 1 atom stereocenters. The molecule has 3 aromatic carbocycles. The van der Waals surface area contributed by atoms with Crippen LogP contribution in [0.1, 0.15) is 15.9 Å². The van der Waals surface area contributed by atoms with Crippen LogP contribution in [0.4, 0.5) is 0 Å². The Morgan fingerprint density at radius 1 is 0.862 bits per heavy atom. The summed E-state index contributed by atoms with van der Waals surface area (Å²) in [7, 11) is -1.39. The smallest absolute Gasteiger partial charge is 0.379 e. The molecule has 0 aliphatic carbocycles. The molecular formula is C22H22O6Si. The van der Waals surface area contributed by atoms with Gasteiger partial charge in [-0.1, -0.05) is 42.5 Å². The third-order valence-electron chi connectivity index (χ3n) is 4.50. The van der Waals surface area contributed by atoms with Crippen LogP contribution >= 0.6 is 0 Å². The molecule has 150 valence electrons. The zero-order valence-electron chi connectivity index (χ0n) is 15.9. The van der Waals surface area contributed by atoms with Gasteiger partial charge in [-0.05, 0) is 47.1 Å². The Labute approximate surface area is 170 Å². The number of hydrogen-bond donors (Lipinski definition) is 2. The predicted molar refractivity (Wildman–Crippen MR) is 110 cm³/mol. The Morgan fingerprint density at radius 3 is 2.03 bits per heavy atom. The maximum Gasteiger partial charge on any atom is 0.379 e. The van der Waals surface area contributed by atoms with Crippen molar-refractivity contribution >= 4 is 19.7 Å². The summed E-state index contributed by atoms with van der Waals surface area (Å²) < 4.78 is 17.2. The summed E-state index contributed by atoms with van der Waals surface area (Å²) in [4.78, 5) is 12.2. The number of hydrogen-bond acceptors (Lipinski definition) is 6. The van der Waals surface area contributed by atoms with Crippen LogP contribution in [-0.4, -0.2) is 38.6 Å². The van der Waals surface area contributed by atoms with Gasteiger partial charge >= 0.3 is 14.5 Å². The highest BCUT2D eigenvalue weighted by atomic mass is 28.4. The molecule has 0 spiro atoms. The molecule has 0 fully saturated rings. The Balaban J connectivity index is 1.76. The number of phenols is 2. The maximum atomic E-state index is 12.2. The fraction of sp³-hybridized carbons (Fsp3) is 0.136. The standard InChI is InChI=1S/C22H22O6Si/c1-26-29(21-5-3-2-4-6-21,15-17-7-11-19(23)12-8-17)28-16-27-22(25)18-9-13-20(24)14-10-18/h2-14,23-24H,15-16H2,1H3. The lowest BCUT2D eigenvalue weighted by Crippen LogP contribution is -2.56. The number of phenolic OH excluding ortho intramolecular Hbond substituents is 2. The molecule has 6 nitrogen and oxygen atoms in total. The number of rotatable bonds is 8. The zero-order chi connectivity index (χ0) is 20.7. The van der Waals surface area contributed by atoms with Gasteiger partial charge in [-0.2, -0.15) is 0 Å². The second kappa shape index (κ2) is 9.38. The second-order valence-corrected chi connectivity index (χ2v) is 9.54. The molecule has 0 bridgehead atoms. The van der Waals surface area contributed by atoms with Crippen LogP contribution in [0.25, 0.3) is 0 Å². The number of benzene rings is 3. The van der Waals surface area contributed by atoms with Crippen molar-refractivity contribution in [1.82, 2.24) is 0 Å². The molecule has 0 saturated heterocycles. The Kier molecular flexibility index (Phi) is 6.66. The molecular weight excluding hydrogens is 388 g/mol. The lowest BCUT2D eigenvalue weighted by Gasteiger charge is -2.29. The molecule has 0 saturated carbocycles. The normalized spacial score (nSPS) is 12.9. The molecule has 0 aliphatic heterocycles. The van der Waals surface area contributed by atoms with E-state index in [1.165, 1.54) is 24.3 Å². The molecule has 0 amide bonds. The zero-order valence-corrected chi connectivity index (χ0v) is 16.9. The van der Waals surface area contributed by atoms with Gasteiger partial charge in [0.05, 0.1) is 5.56 Å². The van der Waals surface area contributed by atoms with E-state index in [0.717, 1.165) is 10.8 Å². The molecule has 3 rings (SSSR count). The predicted octanol–water partition coefficient (Wildman–Crippen LogP) is 3.01. The fourth-order valence-electron chi connectivity index (χ4n) is 2.92. The van der Waals surface area contributed by atoms with E-state index in [-0.39, 0.29) is 18.3 Å². The van der Waals surface area contributed by atoms with Crippen LogP contribution in [0, 0.1) is 0 Å². The van der Waals surface area contributed by atoms with Crippen molar-refractivity contribution in [2.75, 3.05) is 13.9 Å². The molecule has 29 heavy (non-hydrogen) atoms. The highest BCUT2D eigenvalue weighted by Gasteiger charge is 2.40. The van der Waals surface area contributed by atoms with Gasteiger partial charge in [-0.15, -0.1) is 0 Å². The molecule has 2 N–H and O–H groups in total. The van der Waals surface area contributed by atoms with E-state index in [4.69, 9.17) is 13.6 Å². The summed E-state index contributed by atoms with van der Waals surface area (Å²) in [5.74, 6) is -0.301. The SMILES string of the molecule is CO[Si](Cc1ccc(O)cc1)(OCOC(=O)c1ccc(O)cc1)c1ccccc1. The van der Waals surface area contributed by atoms with Gasteiger partial charge in [0.1, 0.15) is 11.5 Å². The van der Waals surface area contributed by atoms with Gasteiger partial charge in [0.15, 0.2) is 6.79 Å². The fourth-order valence-corrected chi connectivity index (χ4v) is 5.61. The Morgan fingerprint density at radius 2 is 1.45 bits per heavy atom. The van der Waals surface area contributed by atoms with Crippen molar-refractivity contribution < 1.29 is 28.6 Å². The second-order valence-electron chi connectivity index (χ2n) is 6.41. The van der Waals surface area contributed by atoms with Crippen LogP contribution in [0.2, 0.25) is 0 Å². The molecule has 7 heteroatoms. The van der Waals surface area contributed by atoms with Crippen LogP contribution in [0.15, 0.2) is 78.9 Å². The van der Waals surface area contributed by atoms with Crippen molar-refractivity contribution in [1.29, 1.82) is 0 Å². The highest BCUT2D eigenvalue weighted by molar-refractivity contribution is 6.80. The monoisotopic (exact) mass is 410 g/mol. The van der Waals surface area contributed by atoms with Gasteiger partial charge in [0.2, 0.25) is 0 Å². The third-order valence-corrected chi connectivity index (χ3v) is 7.83. The summed E-state index contributed by atoms with van der Waals surface area (Å²) in [6.45, 7) is -0.271. The maximum absolute atomic E-state index is 12.2. The van der Waals surface area contributed by atoms with Crippen molar-refractivity contribution in [2.24, 2.45) is 0 Å². The largest absolute Gasteiger partial charge is 0.508 e. The summed E-state index contributed by atoms with van der Waals surface area (Å²) in [5, 5.41) is 19.8. The van der Waals surface area contributed by atoms with Gasteiger partial charge in [-0.3, -0.25) is 0 Å². The topological polar surface area (TPSA) is 85.2 Å². The lowest BCUT2D eigenvalue weighted by atomic mass is 10.2. The van der Waals surface area contributed by atoms with E-state index in [1.807, 2.05) is 42.5 Å². The van der Waals surface area contributed by atoms with Gasteiger partial charge in [0, 0.05) is 13.2 Å². The average molecular weight is 410 g/mol. The summed E-state index contributed by atoms with van der Waals surface area (Å²) >= 11 is 0. The van der Waals surface area contributed by atoms with Crippen molar-refractivity contribution in [3.05, 3.63) is 90.0 Å². The van der Waals surface area contributed by atoms with E-state index in [0.29, 0.717) is 11.6 Å². The number of ether oxygens (including phenoxy) is 1. The highest BCUT2D eigenvalue weighted by Crippen LogP contribution is 2.18. The molecule has 0 radical (unpaired) electrons. The molecule has 0 aromatic heterocycles. The quantitative estimate of drug-likeness (QED) is 0.337. The average Bonchev–Trinajstić information content (AvgIpc) is 2.75. The first-order valence-electron chi connectivity index (χ1n) is 9.01. The molecule has 0 aliphatic rings. The van der Waals surface area contributed by atoms with Gasteiger partial charge < -0.3 is 23.8 Å². The summed E-state index contributed by atoms with van der Waals surface area (Å²) in [6.07, 6.45) is 0. The van der Waals surface area contributed by atoms with E-state index in [2.05, 4.69) is 0 Å². The first kappa shape index (κ1) is 20.6. The minimum atomic E-state index is -2.98. The van der Waals surface area contributed by atoms with Crippen LogP contribution < -0.4 is 5.19 Å². The minimum absolute atomic E-state index is 0.0709. The van der Waals surface area contributed by atoms with Crippen molar-refractivity contribution in [3.63, 3.8) is 0 Å². The van der Waals surface area contributed by atoms with E-state index >= 15 is 0 Å². The molecule has 0 heterocycles. The van der Waals surface area contributed by atoms with Gasteiger partial charge in [-0.25, -0.2) is 4.79 Å². The number of carbonyl (C=O) groups excluding carboxylic acids is 1. The third kappa shape index (κ3) is 5.23. The van der Waals surface area contributed by atoms with E-state index in [1.54, 1.807) is 19.2 Å². The van der Waals surface area contributed by atoms with E-state index in [9.17, 15) is 15.0 Å². The Bertz CT molecular complexity index is 928. The van der Waals surface area contributed by atoms with Crippen molar-refractivity contribution in [2.45, 2.75) is 6.04 Å². The van der Waals surface area contributed by atoms with Crippen LogP contribution in [0.5, 0.6) is 11.5 Å². The summed E-state index contributed by atoms with van der Waals surface area (Å²) in [5.41, 5.74) is 1.25. The lowest BCUT2D eigenvalue weighted by molar-refractivity contribution is 0.00461. The molecule has 3 aromatic rings. The van der Waals surface area contributed by atoms with Crippen molar-refractivity contribution in [3.8, 4) is 11.5 Å². The number of esters is 1. The molecule has 1 unspecified atom stereocenters. The van der Waals surface area contributed by atoms with E-state index < -0.39 is 14.5 Å². The minimum Gasteiger partial charge on any atom is -0.508 e. The summed E-state index contributed by atoms with van der Waals surface area (Å²) in [6, 6.07) is 22.7. The first-order chi connectivity index (χ1) is 14.0. The number of aromatic hydroxyl groups is 2. The van der Waals surface area contributed by atoms with Crippen LogP contribution in [-0.2, 0) is 19.6 Å².